The van der Waals surface area contributed by atoms with Crippen molar-refractivity contribution in [1.82, 2.24) is 10.3 Å². The lowest BCUT2D eigenvalue weighted by Crippen LogP contribution is -2.22. The zero-order valence-corrected chi connectivity index (χ0v) is 11.3. The van der Waals surface area contributed by atoms with E-state index in [1.807, 2.05) is 0 Å². The molecule has 0 fully saturated rings. The van der Waals surface area contributed by atoms with Gasteiger partial charge in [0.15, 0.2) is 0 Å². The molecular weight excluding hydrogens is 314 g/mol. The van der Waals surface area contributed by atoms with Crippen molar-refractivity contribution in [1.29, 1.82) is 0 Å². The molecule has 0 aliphatic carbocycles. The molecule has 0 bridgehead atoms. The van der Waals surface area contributed by atoms with Gasteiger partial charge in [0, 0.05) is 29.3 Å². The number of aromatic amines is 1. The third-order valence-electron chi connectivity index (χ3n) is 2.49. The van der Waals surface area contributed by atoms with Crippen molar-refractivity contribution in [3.8, 4) is 0 Å². The minimum absolute atomic E-state index is 0.0309. The van der Waals surface area contributed by atoms with Crippen molar-refractivity contribution in [2.24, 2.45) is 0 Å². The number of carbonyl (C=O) groups excluding carboxylic acids is 1. The van der Waals surface area contributed by atoms with Crippen LogP contribution in [0.15, 0.2) is 41.0 Å². The lowest BCUT2D eigenvalue weighted by Gasteiger charge is -2.03. The van der Waals surface area contributed by atoms with E-state index >= 15 is 0 Å². The third-order valence-corrected chi connectivity index (χ3v) is 2.95. The Bertz CT molecular complexity index is 607. The molecule has 6 nitrogen and oxygen atoms in total. The normalized spacial score (nSPS) is 10.2. The molecule has 0 spiro atoms. The summed E-state index contributed by atoms with van der Waals surface area (Å²) in [5, 5.41) is 13.2. The molecule has 0 aliphatic heterocycles. The van der Waals surface area contributed by atoms with Gasteiger partial charge in [0.1, 0.15) is 5.69 Å². The molecule has 1 aromatic heterocycles. The predicted octanol–water partition coefficient (Wildman–Crippen LogP) is 2.62. The summed E-state index contributed by atoms with van der Waals surface area (Å²) in [5.74, 6) is -0.232. The second-order valence-electron chi connectivity index (χ2n) is 3.84. The molecule has 0 atom stereocenters. The molecule has 0 saturated heterocycles. The van der Waals surface area contributed by atoms with Crippen LogP contribution in [0.5, 0.6) is 0 Å². The molecule has 7 heteroatoms. The van der Waals surface area contributed by atoms with Crippen LogP contribution in [-0.4, -0.2) is 15.8 Å². The number of amides is 1. The van der Waals surface area contributed by atoms with Crippen LogP contribution in [0.25, 0.3) is 0 Å². The summed E-state index contributed by atoms with van der Waals surface area (Å²) in [4.78, 5) is 24.6. The van der Waals surface area contributed by atoms with Crippen molar-refractivity contribution >= 4 is 27.5 Å². The van der Waals surface area contributed by atoms with E-state index in [1.54, 1.807) is 24.4 Å². The molecule has 19 heavy (non-hydrogen) atoms. The summed E-state index contributed by atoms with van der Waals surface area (Å²) in [6.07, 6.45) is 1.67. The fourth-order valence-corrected chi connectivity index (χ4v) is 1.86. The van der Waals surface area contributed by atoms with E-state index in [0.717, 1.165) is 10.0 Å². The summed E-state index contributed by atoms with van der Waals surface area (Å²) in [6.45, 7) is 0.313. The third kappa shape index (κ3) is 3.41. The van der Waals surface area contributed by atoms with Crippen LogP contribution in [0.3, 0.4) is 0 Å². The van der Waals surface area contributed by atoms with E-state index in [0.29, 0.717) is 12.2 Å². The van der Waals surface area contributed by atoms with Gasteiger partial charge in [0.05, 0.1) is 4.92 Å². The van der Waals surface area contributed by atoms with E-state index in [9.17, 15) is 14.9 Å². The van der Waals surface area contributed by atoms with Crippen molar-refractivity contribution in [2.75, 3.05) is 0 Å². The number of non-ortho nitro benzene ring substituents is 1. The second-order valence-corrected chi connectivity index (χ2v) is 4.75. The number of nitro groups is 1. The molecule has 0 aliphatic rings. The molecule has 0 radical (unpaired) electrons. The Balaban J connectivity index is 1.95. The number of benzene rings is 1. The first kappa shape index (κ1) is 13.3. The number of H-pyrrole nitrogens is 1. The lowest BCUT2D eigenvalue weighted by atomic mass is 10.2. The molecule has 2 aromatic rings. The van der Waals surface area contributed by atoms with Gasteiger partial charge in [-0.05, 0) is 27.6 Å². The quantitative estimate of drug-likeness (QED) is 0.669. The Kier molecular flexibility index (Phi) is 3.96. The van der Waals surface area contributed by atoms with Crippen LogP contribution >= 0.6 is 15.9 Å². The van der Waals surface area contributed by atoms with Crippen LogP contribution in [0.4, 0.5) is 5.69 Å². The molecule has 0 unspecified atom stereocenters. The molecule has 0 saturated carbocycles. The van der Waals surface area contributed by atoms with Gasteiger partial charge in [-0.1, -0.05) is 12.1 Å². The highest BCUT2D eigenvalue weighted by molar-refractivity contribution is 9.10. The Labute approximate surface area is 117 Å². The van der Waals surface area contributed by atoms with Gasteiger partial charge >= 0.3 is 0 Å². The summed E-state index contributed by atoms with van der Waals surface area (Å²) >= 11 is 3.24. The van der Waals surface area contributed by atoms with Crippen molar-refractivity contribution < 1.29 is 9.72 Å². The highest BCUT2D eigenvalue weighted by Crippen LogP contribution is 2.13. The van der Waals surface area contributed by atoms with Crippen LogP contribution < -0.4 is 5.32 Å². The maximum atomic E-state index is 11.7. The number of nitrogens with one attached hydrogen (secondary N) is 2. The van der Waals surface area contributed by atoms with Gasteiger partial charge in [-0.15, -0.1) is 0 Å². The van der Waals surface area contributed by atoms with Gasteiger partial charge in [0.25, 0.3) is 11.6 Å². The average molecular weight is 324 g/mol. The Hall–Kier alpha value is -2.15. The SMILES string of the molecule is O=C(NCc1ccc([N+](=O)[O-])cc1)c1cc(Br)c[nH]1. The van der Waals surface area contributed by atoms with Gasteiger partial charge in [0.2, 0.25) is 0 Å². The maximum Gasteiger partial charge on any atom is 0.269 e. The van der Waals surface area contributed by atoms with E-state index in [-0.39, 0.29) is 11.6 Å². The Morgan fingerprint density at radius 2 is 2.05 bits per heavy atom. The van der Waals surface area contributed by atoms with Gasteiger partial charge < -0.3 is 10.3 Å². The highest BCUT2D eigenvalue weighted by atomic mass is 79.9. The van der Waals surface area contributed by atoms with Crippen LogP contribution in [-0.2, 0) is 6.54 Å². The second kappa shape index (κ2) is 5.66. The number of nitro benzene ring substituents is 1. The maximum absolute atomic E-state index is 11.7. The van der Waals surface area contributed by atoms with Crippen molar-refractivity contribution in [3.63, 3.8) is 0 Å². The predicted molar refractivity (Wildman–Crippen MR) is 72.8 cm³/mol. The van der Waals surface area contributed by atoms with Crippen LogP contribution in [0.2, 0.25) is 0 Å². The van der Waals surface area contributed by atoms with Crippen molar-refractivity contribution in [2.45, 2.75) is 6.54 Å². The number of aromatic nitrogens is 1. The number of hydrogen-bond donors (Lipinski definition) is 2. The monoisotopic (exact) mass is 323 g/mol. The average Bonchev–Trinajstić information content (AvgIpc) is 2.83. The molecule has 1 aromatic carbocycles. The number of carbonyl (C=O) groups is 1. The fourth-order valence-electron chi connectivity index (χ4n) is 1.51. The summed E-state index contributed by atoms with van der Waals surface area (Å²) in [6, 6.07) is 7.72. The van der Waals surface area contributed by atoms with E-state index in [1.165, 1.54) is 12.1 Å². The minimum atomic E-state index is -0.460. The summed E-state index contributed by atoms with van der Waals surface area (Å²) in [7, 11) is 0. The minimum Gasteiger partial charge on any atom is -0.356 e. The van der Waals surface area contributed by atoms with Crippen molar-refractivity contribution in [3.05, 3.63) is 62.4 Å². The fraction of sp³-hybridized carbons (Fsp3) is 0.0833. The van der Waals surface area contributed by atoms with E-state index < -0.39 is 4.92 Å². The number of nitrogens with zero attached hydrogens (tertiary/aromatic N) is 1. The van der Waals surface area contributed by atoms with E-state index in [4.69, 9.17) is 0 Å². The standard InChI is InChI=1S/C12H10BrN3O3/c13-9-5-11(14-7-9)12(17)15-6-8-1-3-10(4-2-8)16(18)19/h1-5,7,14H,6H2,(H,15,17). The topological polar surface area (TPSA) is 88.0 Å². The van der Waals surface area contributed by atoms with Gasteiger partial charge in [-0.3, -0.25) is 14.9 Å². The molecule has 98 valence electrons. The zero-order valence-electron chi connectivity index (χ0n) is 9.72. The summed E-state index contributed by atoms with van der Waals surface area (Å²) < 4.78 is 0.799. The van der Waals surface area contributed by atoms with Crippen LogP contribution in [0, 0.1) is 10.1 Å². The molecule has 2 rings (SSSR count). The largest absolute Gasteiger partial charge is 0.356 e. The molecule has 1 heterocycles. The zero-order chi connectivity index (χ0) is 13.8. The van der Waals surface area contributed by atoms with Gasteiger partial charge in [-0.2, -0.15) is 0 Å². The smallest absolute Gasteiger partial charge is 0.269 e. The van der Waals surface area contributed by atoms with E-state index in [2.05, 4.69) is 26.2 Å². The highest BCUT2D eigenvalue weighted by Gasteiger charge is 2.08. The Morgan fingerprint density at radius 1 is 1.37 bits per heavy atom. The molecule has 1 amide bonds. The number of halogens is 1. The lowest BCUT2D eigenvalue weighted by molar-refractivity contribution is -0.384. The number of rotatable bonds is 4. The summed E-state index contributed by atoms with van der Waals surface area (Å²) in [5.41, 5.74) is 1.28. The first-order chi connectivity index (χ1) is 9.06. The number of hydrogen-bond acceptors (Lipinski definition) is 3. The molecule has 2 N–H and O–H groups in total. The molecular formula is C12H10BrN3O3. The first-order valence-corrected chi connectivity index (χ1v) is 6.21. The first-order valence-electron chi connectivity index (χ1n) is 5.42. The van der Waals surface area contributed by atoms with Crippen LogP contribution in [0.1, 0.15) is 16.1 Å². The Morgan fingerprint density at radius 3 is 2.58 bits per heavy atom. The van der Waals surface area contributed by atoms with Gasteiger partial charge in [-0.25, -0.2) is 0 Å².